The van der Waals surface area contributed by atoms with Crippen molar-refractivity contribution >= 4 is 17.9 Å². The van der Waals surface area contributed by atoms with E-state index < -0.39 is 0 Å². The highest BCUT2D eigenvalue weighted by molar-refractivity contribution is 6.31. The number of pyridine rings is 1. The van der Waals surface area contributed by atoms with Crippen LogP contribution in [0.25, 0.3) is 0 Å². The molecule has 0 saturated heterocycles. The van der Waals surface area contributed by atoms with Gasteiger partial charge >= 0.3 is 0 Å². The number of carbonyl (C=O) groups excluding carboxylic acids is 1. The van der Waals surface area contributed by atoms with Crippen LogP contribution in [0.2, 0.25) is 5.02 Å². The molecule has 1 heterocycles. The van der Waals surface area contributed by atoms with E-state index in [1.807, 2.05) is 0 Å². The third-order valence-corrected chi connectivity index (χ3v) is 1.75. The highest BCUT2D eigenvalue weighted by Crippen LogP contribution is 2.14. The summed E-state index contributed by atoms with van der Waals surface area (Å²) in [5.41, 5.74) is 1.06. The number of aliphatic hydroxyl groups excluding tert-OH is 1. The number of nitrogens with zero attached hydrogens (tertiary/aromatic N) is 1. The molecule has 3 nitrogen and oxygen atoms in total. The molecule has 0 aromatic carbocycles. The molecule has 0 amide bonds. The molecule has 0 atom stereocenters. The Morgan fingerprint density at radius 2 is 2.42 bits per heavy atom. The average Bonchev–Trinajstić information content (AvgIpc) is 2.09. The molecule has 0 aliphatic rings. The lowest BCUT2D eigenvalue weighted by atomic mass is 10.2. The number of carbonyl (C=O) groups is 1. The zero-order valence-corrected chi connectivity index (χ0v) is 7.08. The van der Waals surface area contributed by atoms with Gasteiger partial charge in [-0.2, -0.15) is 0 Å². The first-order valence-corrected chi connectivity index (χ1v) is 3.86. The Morgan fingerprint density at radius 3 is 2.92 bits per heavy atom. The number of aromatic nitrogens is 1. The molecule has 0 saturated carbocycles. The Balaban J connectivity index is 2.94. The molecule has 1 aromatic rings. The molecule has 1 rings (SSSR count). The lowest BCUT2D eigenvalue weighted by Crippen LogP contribution is -1.96. The Hall–Kier alpha value is -0.930. The minimum atomic E-state index is 0.00710. The molecular weight excluding hydrogens is 178 g/mol. The van der Waals surface area contributed by atoms with Gasteiger partial charge in [0.25, 0.3) is 0 Å². The van der Waals surface area contributed by atoms with Crippen molar-refractivity contribution in [2.24, 2.45) is 0 Å². The van der Waals surface area contributed by atoms with Gasteiger partial charge in [0.05, 0.1) is 10.7 Å². The lowest BCUT2D eigenvalue weighted by Gasteiger charge is -2.00. The van der Waals surface area contributed by atoms with Crippen molar-refractivity contribution in [1.29, 1.82) is 0 Å². The van der Waals surface area contributed by atoms with Crippen LogP contribution in [0.1, 0.15) is 16.1 Å². The molecule has 0 spiro atoms. The van der Waals surface area contributed by atoms with E-state index in [9.17, 15) is 4.79 Å². The van der Waals surface area contributed by atoms with Crippen LogP contribution in [0, 0.1) is 0 Å². The molecule has 12 heavy (non-hydrogen) atoms. The van der Waals surface area contributed by atoms with Gasteiger partial charge < -0.3 is 5.11 Å². The first-order chi connectivity index (χ1) is 5.77. The fourth-order valence-corrected chi connectivity index (χ4v) is 1.10. The van der Waals surface area contributed by atoms with E-state index in [0.717, 1.165) is 0 Å². The Bertz CT molecular complexity index is 288. The van der Waals surface area contributed by atoms with Gasteiger partial charge in [-0.15, -0.1) is 0 Å². The molecule has 0 aliphatic heterocycles. The molecule has 0 fully saturated rings. The summed E-state index contributed by atoms with van der Waals surface area (Å²) in [6.07, 6.45) is 2.53. The predicted octanol–water partition coefficient (Wildman–Crippen LogP) is 1.08. The number of rotatable bonds is 3. The zero-order valence-electron chi connectivity index (χ0n) is 6.33. The standard InChI is InChI=1S/C8H8ClNO2/c9-7-3-6(5-12)4-10-8(7)1-2-11/h3-5,11H,1-2H2. The van der Waals surface area contributed by atoms with Crippen molar-refractivity contribution in [2.75, 3.05) is 6.61 Å². The van der Waals surface area contributed by atoms with Crippen LogP contribution in [0.5, 0.6) is 0 Å². The predicted molar refractivity (Wildman–Crippen MR) is 45.4 cm³/mol. The Morgan fingerprint density at radius 1 is 1.67 bits per heavy atom. The van der Waals surface area contributed by atoms with E-state index >= 15 is 0 Å². The van der Waals surface area contributed by atoms with Gasteiger partial charge in [0.1, 0.15) is 0 Å². The summed E-state index contributed by atoms with van der Waals surface area (Å²) in [5.74, 6) is 0. The second-order valence-corrected chi connectivity index (χ2v) is 2.70. The minimum Gasteiger partial charge on any atom is -0.396 e. The molecule has 1 aromatic heterocycles. The number of aliphatic hydroxyl groups is 1. The van der Waals surface area contributed by atoms with E-state index in [2.05, 4.69) is 4.98 Å². The van der Waals surface area contributed by atoms with Gasteiger partial charge in [-0.3, -0.25) is 9.78 Å². The third-order valence-electron chi connectivity index (χ3n) is 1.42. The van der Waals surface area contributed by atoms with E-state index in [0.29, 0.717) is 29.0 Å². The van der Waals surface area contributed by atoms with Gasteiger partial charge in [-0.25, -0.2) is 0 Å². The lowest BCUT2D eigenvalue weighted by molar-refractivity contribution is 0.112. The normalized spacial score (nSPS) is 9.83. The van der Waals surface area contributed by atoms with Crippen LogP contribution in [0.15, 0.2) is 12.3 Å². The maximum Gasteiger partial charge on any atom is 0.151 e. The Labute approximate surface area is 75.0 Å². The smallest absolute Gasteiger partial charge is 0.151 e. The van der Waals surface area contributed by atoms with Crippen molar-refractivity contribution in [3.05, 3.63) is 28.5 Å². The summed E-state index contributed by atoms with van der Waals surface area (Å²) in [5, 5.41) is 9.03. The van der Waals surface area contributed by atoms with E-state index in [1.165, 1.54) is 12.3 Å². The number of halogens is 1. The molecule has 0 radical (unpaired) electrons. The molecule has 1 N–H and O–H groups in total. The van der Waals surface area contributed by atoms with Crippen LogP contribution < -0.4 is 0 Å². The fraction of sp³-hybridized carbons (Fsp3) is 0.250. The van der Waals surface area contributed by atoms with Gasteiger partial charge in [0.2, 0.25) is 0 Å². The number of aldehydes is 1. The van der Waals surface area contributed by atoms with Crippen LogP contribution >= 0.6 is 11.6 Å². The molecule has 0 aliphatic carbocycles. The minimum absolute atomic E-state index is 0.00710. The van der Waals surface area contributed by atoms with E-state index in [4.69, 9.17) is 16.7 Å². The van der Waals surface area contributed by atoms with Crippen molar-refractivity contribution < 1.29 is 9.90 Å². The molecule has 64 valence electrons. The summed E-state index contributed by atoms with van der Waals surface area (Å²) in [6.45, 7) is 0.00710. The van der Waals surface area contributed by atoms with Gasteiger partial charge in [0.15, 0.2) is 6.29 Å². The summed E-state index contributed by atoms with van der Waals surface area (Å²) in [6, 6.07) is 1.53. The largest absolute Gasteiger partial charge is 0.396 e. The number of hydrogen-bond acceptors (Lipinski definition) is 3. The highest BCUT2D eigenvalue weighted by Gasteiger charge is 2.01. The maximum absolute atomic E-state index is 10.3. The molecule has 0 unspecified atom stereocenters. The topological polar surface area (TPSA) is 50.2 Å². The molecular formula is C8H8ClNO2. The summed E-state index contributed by atoms with van der Waals surface area (Å²) in [4.78, 5) is 14.2. The van der Waals surface area contributed by atoms with Crippen LogP contribution in [-0.4, -0.2) is 23.0 Å². The van der Waals surface area contributed by atoms with Crippen LogP contribution in [-0.2, 0) is 6.42 Å². The monoisotopic (exact) mass is 185 g/mol. The molecule has 0 bridgehead atoms. The maximum atomic E-state index is 10.3. The van der Waals surface area contributed by atoms with Gasteiger partial charge in [-0.05, 0) is 6.07 Å². The summed E-state index contributed by atoms with van der Waals surface area (Å²) < 4.78 is 0. The van der Waals surface area contributed by atoms with Crippen molar-refractivity contribution in [1.82, 2.24) is 4.98 Å². The van der Waals surface area contributed by atoms with Crippen molar-refractivity contribution in [3.63, 3.8) is 0 Å². The third kappa shape index (κ3) is 2.03. The fourth-order valence-electron chi connectivity index (χ4n) is 0.835. The van der Waals surface area contributed by atoms with Crippen LogP contribution in [0.3, 0.4) is 0 Å². The quantitative estimate of drug-likeness (QED) is 0.717. The van der Waals surface area contributed by atoms with E-state index in [-0.39, 0.29) is 6.61 Å². The zero-order chi connectivity index (χ0) is 8.97. The molecule has 4 heteroatoms. The Kier molecular flexibility index (Phi) is 3.19. The second-order valence-electron chi connectivity index (χ2n) is 2.29. The number of hydrogen-bond donors (Lipinski definition) is 1. The highest BCUT2D eigenvalue weighted by atomic mass is 35.5. The van der Waals surface area contributed by atoms with Crippen LogP contribution in [0.4, 0.5) is 0 Å². The van der Waals surface area contributed by atoms with Gasteiger partial charge in [-0.1, -0.05) is 11.6 Å². The average molecular weight is 186 g/mol. The SMILES string of the molecule is O=Cc1cnc(CCO)c(Cl)c1. The van der Waals surface area contributed by atoms with Crippen molar-refractivity contribution in [2.45, 2.75) is 6.42 Å². The first-order valence-electron chi connectivity index (χ1n) is 3.48. The van der Waals surface area contributed by atoms with Gasteiger partial charge in [0, 0.05) is 24.8 Å². The summed E-state index contributed by atoms with van der Waals surface area (Å²) in [7, 11) is 0. The van der Waals surface area contributed by atoms with Crippen molar-refractivity contribution in [3.8, 4) is 0 Å². The second kappa shape index (κ2) is 4.18. The first kappa shape index (κ1) is 9.16. The summed E-state index contributed by atoms with van der Waals surface area (Å²) >= 11 is 5.75. The van der Waals surface area contributed by atoms with E-state index in [1.54, 1.807) is 0 Å².